The number of rotatable bonds is 18. The monoisotopic (exact) mass is 397 g/mol. The number of unbranched alkanes of at least 4 members (excludes halogenated alkanes) is 11. The molecule has 0 aromatic rings. The maximum absolute atomic E-state index is 10.6. The molecule has 0 amide bonds. The van der Waals surface area contributed by atoms with Crippen molar-refractivity contribution in [2.24, 2.45) is 5.73 Å². The Balaban J connectivity index is 3.52. The van der Waals surface area contributed by atoms with Crippen LogP contribution in [-0.2, 0) is 9.09 Å². The Morgan fingerprint density at radius 1 is 0.846 bits per heavy atom. The lowest BCUT2D eigenvalue weighted by atomic mass is 10.00. The molecule has 3 unspecified atom stereocenters. The zero-order chi connectivity index (χ0) is 19.8. The molecule has 0 heterocycles. The second kappa shape index (κ2) is 16.0. The van der Waals surface area contributed by atoms with Crippen molar-refractivity contribution in [1.82, 2.24) is 0 Å². The van der Waals surface area contributed by atoms with E-state index in [2.05, 4.69) is 11.4 Å². The minimum absolute atomic E-state index is 0.419. The summed E-state index contributed by atoms with van der Waals surface area (Å²) in [4.78, 5) is 17.2. The van der Waals surface area contributed by atoms with Gasteiger partial charge < -0.3 is 25.7 Å². The lowest BCUT2D eigenvalue weighted by Gasteiger charge is -2.23. The molecule has 0 saturated heterocycles. The minimum atomic E-state index is -4.61. The molecular weight excluding hydrogens is 357 g/mol. The third-order valence-electron chi connectivity index (χ3n) is 4.62. The molecule has 0 aliphatic carbocycles. The van der Waals surface area contributed by atoms with E-state index in [-0.39, 0.29) is 0 Å². The van der Waals surface area contributed by atoms with Crippen LogP contribution in [0.1, 0.15) is 90.4 Å². The molecule has 0 fully saturated rings. The van der Waals surface area contributed by atoms with Crippen LogP contribution in [-0.4, -0.2) is 44.9 Å². The van der Waals surface area contributed by atoms with Crippen molar-refractivity contribution >= 4 is 7.82 Å². The van der Waals surface area contributed by atoms with Crippen LogP contribution in [0.4, 0.5) is 0 Å². The number of phosphoric acid groups is 1. The van der Waals surface area contributed by atoms with E-state index in [1.165, 1.54) is 57.8 Å². The van der Waals surface area contributed by atoms with Crippen LogP contribution >= 0.6 is 7.82 Å². The summed E-state index contributed by atoms with van der Waals surface area (Å²) < 4.78 is 14.8. The Bertz CT molecular complexity index is 366. The highest BCUT2D eigenvalue weighted by molar-refractivity contribution is 7.46. The zero-order valence-corrected chi connectivity index (χ0v) is 17.2. The fourth-order valence-corrected chi connectivity index (χ4v) is 3.30. The molecule has 0 rings (SSSR count). The first-order valence-corrected chi connectivity index (χ1v) is 11.6. The van der Waals surface area contributed by atoms with Crippen LogP contribution in [0.25, 0.3) is 0 Å². The van der Waals surface area contributed by atoms with E-state index < -0.39 is 32.7 Å². The summed E-state index contributed by atoms with van der Waals surface area (Å²) in [5.41, 5.74) is 5.58. The average molecular weight is 397 g/mol. The summed E-state index contributed by atoms with van der Waals surface area (Å²) in [7, 11) is -4.61. The summed E-state index contributed by atoms with van der Waals surface area (Å²) in [6, 6.07) is -1.03. The Hall–Kier alpha value is -0.0100. The Morgan fingerprint density at radius 3 is 1.69 bits per heavy atom. The van der Waals surface area contributed by atoms with Crippen molar-refractivity contribution in [2.45, 2.75) is 109 Å². The van der Waals surface area contributed by atoms with E-state index in [0.717, 1.165) is 19.3 Å². The maximum atomic E-state index is 10.6. The van der Waals surface area contributed by atoms with Gasteiger partial charge >= 0.3 is 7.82 Å². The topological polar surface area (TPSA) is 133 Å². The van der Waals surface area contributed by atoms with E-state index in [4.69, 9.17) is 15.5 Å². The number of hydrogen-bond acceptors (Lipinski definition) is 5. The molecule has 3 atom stereocenters. The molecule has 0 radical (unpaired) electrons. The third-order valence-corrected chi connectivity index (χ3v) is 5.11. The van der Waals surface area contributed by atoms with Gasteiger partial charge in [-0.1, -0.05) is 84.0 Å². The van der Waals surface area contributed by atoms with Gasteiger partial charge in [0.2, 0.25) is 0 Å². The molecule has 8 heteroatoms. The van der Waals surface area contributed by atoms with Gasteiger partial charge in [-0.05, 0) is 6.42 Å². The highest BCUT2D eigenvalue weighted by Crippen LogP contribution is 2.35. The van der Waals surface area contributed by atoms with Gasteiger partial charge in [0, 0.05) is 0 Å². The minimum Gasteiger partial charge on any atom is -0.390 e. The van der Waals surface area contributed by atoms with Gasteiger partial charge in [-0.3, -0.25) is 4.52 Å². The smallest absolute Gasteiger partial charge is 0.390 e. The first-order valence-electron chi connectivity index (χ1n) is 10.1. The number of aliphatic hydroxyl groups is 2. The quantitative estimate of drug-likeness (QED) is 0.177. The van der Waals surface area contributed by atoms with Crippen LogP contribution in [0.15, 0.2) is 0 Å². The molecule has 0 aliphatic heterocycles. The first-order chi connectivity index (χ1) is 12.3. The van der Waals surface area contributed by atoms with Gasteiger partial charge in [-0.25, -0.2) is 4.57 Å². The molecule has 0 aromatic carbocycles. The Morgan fingerprint density at radius 2 is 1.27 bits per heavy atom. The average Bonchev–Trinajstić information content (AvgIpc) is 2.59. The number of nitrogens with two attached hydrogens (primary N) is 1. The predicted molar refractivity (Wildman–Crippen MR) is 104 cm³/mol. The molecule has 26 heavy (non-hydrogen) atoms. The second-order valence-electron chi connectivity index (χ2n) is 7.19. The lowest BCUT2D eigenvalue weighted by Crippen LogP contribution is -2.45. The largest absolute Gasteiger partial charge is 0.469 e. The summed E-state index contributed by atoms with van der Waals surface area (Å²) in [5.74, 6) is 0. The zero-order valence-electron chi connectivity index (χ0n) is 16.3. The fraction of sp³-hybridized carbons (Fsp3) is 1.00. The highest BCUT2D eigenvalue weighted by atomic mass is 31.2. The summed E-state index contributed by atoms with van der Waals surface area (Å²) >= 11 is 0. The van der Waals surface area contributed by atoms with Crippen molar-refractivity contribution in [1.29, 1.82) is 0 Å². The lowest BCUT2D eigenvalue weighted by molar-refractivity contribution is -0.0121. The van der Waals surface area contributed by atoms with Crippen LogP contribution in [0.5, 0.6) is 0 Å². The summed E-state index contributed by atoms with van der Waals surface area (Å²) in [5, 5.41) is 19.8. The van der Waals surface area contributed by atoms with Gasteiger partial charge in [-0.2, -0.15) is 0 Å². The predicted octanol–water partition coefficient (Wildman–Crippen LogP) is 3.24. The van der Waals surface area contributed by atoms with Crippen LogP contribution < -0.4 is 5.73 Å². The molecule has 158 valence electrons. The third kappa shape index (κ3) is 16.2. The van der Waals surface area contributed by atoms with Gasteiger partial charge in [-0.15, -0.1) is 0 Å². The Kier molecular flexibility index (Phi) is 16.0. The van der Waals surface area contributed by atoms with E-state index in [0.29, 0.717) is 6.42 Å². The second-order valence-corrected chi connectivity index (χ2v) is 8.43. The highest BCUT2D eigenvalue weighted by Gasteiger charge is 2.26. The van der Waals surface area contributed by atoms with Crippen molar-refractivity contribution in [3.8, 4) is 0 Å². The normalized spacial score (nSPS) is 15.8. The van der Waals surface area contributed by atoms with Crippen molar-refractivity contribution in [2.75, 3.05) is 6.61 Å². The van der Waals surface area contributed by atoms with E-state index in [1.807, 2.05) is 0 Å². The van der Waals surface area contributed by atoms with E-state index >= 15 is 0 Å². The number of hydrogen-bond donors (Lipinski definition) is 5. The van der Waals surface area contributed by atoms with Crippen LogP contribution in [0, 0.1) is 0 Å². The molecule has 7 nitrogen and oxygen atoms in total. The van der Waals surface area contributed by atoms with E-state index in [1.54, 1.807) is 0 Å². The summed E-state index contributed by atoms with van der Waals surface area (Å²) in [6.45, 7) is 1.73. The molecular formula is C18H40NO6P. The van der Waals surface area contributed by atoms with Crippen molar-refractivity contribution in [3.63, 3.8) is 0 Å². The Labute approximate surface area is 158 Å². The number of aliphatic hydroxyl groups excluding tert-OH is 2. The molecule has 0 spiro atoms. The van der Waals surface area contributed by atoms with Gasteiger partial charge in [0.1, 0.15) is 0 Å². The summed E-state index contributed by atoms with van der Waals surface area (Å²) in [6.07, 6.45) is 12.8. The number of phosphoric ester groups is 1. The van der Waals surface area contributed by atoms with Gasteiger partial charge in [0.25, 0.3) is 0 Å². The molecule has 0 aliphatic rings. The fourth-order valence-electron chi connectivity index (χ4n) is 2.93. The molecule has 0 bridgehead atoms. The molecule has 0 saturated carbocycles. The molecule has 6 N–H and O–H groups in total. The first kappa shape index (κ1) is 26.0. The maximum Gasteiger partial charge on any atom is 0.469 e. The van der Waals surface area contributed by atoms with Gasteiger partial charge in [0.15, 0.2) is 0 Å². The standard InChI is InChI=1S/C18H40NO6P/c1-2-3-4-5-6-7-8-9-10-11-12-13-14-17(20)18(21)16(19)15-25-26(22,23)24/h16-18,20-21H,2-15,19H2,1H3,(H2,22,23,24). The van der Waals surface area contributed by atoms with Crippen molar-refractivity contribution < 1.29 is 29.1 Å². The molecule has 0 aromatic heterocycles. The van der Waals surface area contributed by atoms with Crippen molar-refractivity contribution in [3.05, 3.63) is 0 Å². The van der Waals surface area contributed by atoms with Crippen LogP contribution in [0.3, 0.4) is 0 Å². The van der Waals surface area contributed by atoms with E-state index in [9.17, 15) is 14.8 Å². The van der Waals surface area contributed by atoms with Crippen LogP contribution in [0.2, 0.25) is 0 Å². The SMILES string of the molecule is CCCCCCCCCCCCCCC(O)C(O)C(N)COP(=O)(O)O. The van der Waals surface area contributed by atoms with Gasteiger partial charge in [0.05, 0.1) is 24.9 Å².